The Hall–Kier alpha value is -1.62. The molecule has 0 bridgehead atoms. The molecule has 0 heterocycles. The maximum Gasteiger partial charge on any atom is 0.251 e. The quantitative estimate of drug-likeness (QED) is 0.799. The zero-order chi connectivity index (χ0) is 14.6. The van der Waals surface area contributed by atoms with E-state index in [1.165, 1.54) is 12.1 Å². The van der Waals surface area contributed by atoms with Crippen LogP contribution < -0.4 is 11.1 Å². The van der Waals surface area contributed by atoms with E-state index in [0.717, 1.165) is 6.07 Å². The molecule has 0 aliphatic rings. The molecule has 0 aromatic heterocycles. The van der Waals surface area contributed by atoms with Gasteiger partial charge in [0.2, 0.25) is 0 Å². The Bertz CT molecular complexity index is 438. The van der Waals surface area contributed by atoms with Gasteiger partial charge in [-0.25, -0.2) is 4.39 Å². The highest BCUT2D eigenvalue weighted by molar-refractivity contribution is 5.94. The minimum absolute atomic E-state index is 0.0462. The Kier molecular flexibility index (Phi) is 5.30. The lowest BCUT2D eigenvalue weighted by molar-refractivity contribution is 0.0934. The van der Waals surface area contributed by atoms with E-state index in [4.69, 9.17) is 5.73 Å². The fraction of sp³-hybridized carbons (Fsp3) is 0.500. The van der Waals surface area contributed by atoms with Crippen molar-refractivity contribution in [2.24, 2.45) is 5.92 Å². The number of rotatable bonds is 5. The second-order valence-corrected chi connectivity index (χ2v) is 5.22. The second-order valence-electron chi connectivity index (χ2n) is 5.22. The molecule has 5 heteroatoms. The van der Waals surface area contributed by atoms with Crippen LogP contribution in [0, 0.1) is 11.7 Å². The molecule has 0 aliphatic carbocycles. The van der Waals surface area contributed by atoms with Gasteiger partial charge in [0, 0.05) is 18.2 Å². The lowest BCUT2D eigenvalue weighted by atomic mass is 10.0. The van der Waals surface area contributed by atoms with Gasteiger partial charge < -0.3 is 16.0 Å². The number of hydrogen-bond donors (Lipinski definition) is 2. The SMILES string of the molecule is CC(C)C(CNC(=O)c1ccc(N)c(F)c1)N(C)C. The van der Waals surface area contributed by atoms with Crippen LogP contribution >= 0.6 is 0 Å². The van der Waals surface area contributed by atoms with Crippen molar-refractivity contribution >= 4 is 11.6 Å². The molecule has 0 saturated heterocycles. The number of nitrogens with zero attached hydrogens (tertiary/aromatic N) is 1. The molecule has 0 radical (unpaired) electrons. The molecule has 0 saturated carbocycles. The van der Waals surface area contributed by atoms with E-state index >= 15 is 0 Å². The van der Waals surface area contributed by atoms with Gasteiger partial charge >= 0.3 is 0 Å². The van der Waals surface area contributed by atoms with E-state index in [9.17, 15) is 9.18 Å². The number of carbonyl (C=O) groups excluding carboxylic acids is 1. The summed E-state index contributed by atoms with van der Waals surface area (Å²) in [6.45, 7) is 4.72. The minimum atomic E-state index is -0.569. The van der Waals surface area contributed by atoms with Gasteiger partial charge in [-0.05, 0) is 38.2 Å². The summed E-state index contributed by atoms with van der Waals surface area (Å²) in [6.07, 6.45) is 0. The van der Waals surface area contributed by atoms with Crippen LogP contribution in [0.4, 0.5) is 10.1 Å². The lowest BCUT2D eigenvalue weighted by Crippen LogP contribution is -2.43. The normalized spacial score (nSPS) is 12.8. The average molecular weight is 267 g/mol. The van der Waals surface area contributed by atoms with Crippen molar-refractivity contribution in [2.75, 3.05) is 26.4 Å². The summed E-state index contributed by atoms with van der Waals surface area (Å²) in [5, 5.41) is 2.82. The molecule has 106 valence electrons. The number of nitrogen functional groups attached to an aromatic ring is 1. The molecule has 0 aliphatic heterocycles. The highest BCUT2D eigenvalue weighted by atomic mass is 19.1. The molecular formula is C14H22FN3O. The van der Waals surface area contributed by atoms with E-state index in [1.807, 2.05) is 14.1 Å². The molecule has 3 N–H and O–H groups in total. The Morgan fingerprint density at radius 1 is 1.42 bits per heavy atom. The fourth-order valence-corrected chi connectivity index (χ4v) is 1.98. The average Bonchev–Trinajstić information content (AvgIpc) is 2.31. The number of carbonyl (C=O) groups is 1. The van der Waals surface area contributed by atoms with E-state index in [1.54, 1.807) is 0 Å². The van der Waals surface area contributed by atoms with Gasteiger partial charge in [0.1, 0.15) is 5.82 Å². The van der Waals surface area contributed by atoms with Crippen LogP contribution in [0.25, 0.3) is 0 Å². The molecule has 1 aromatic rings. The van der Waals surface area contributed by atoms with Crippen molar-refractivity contribution in [1.29, 1.82) is 0 Å². The number of amides is 1. The molecule has 1 atom stereocenters. The first kappa shape index (κ1) is 15.4. The third-order valence-electron chi connectivity index (χ3n) is 3.17. The van der Waals surface area contributed by atoms with Crippen molar-refractivity contribution in [3.8, 4) is 0 Å². The highest BCUT2D eigenvalue weighted by Gasteiger charge is 2.17. The molecule has 19 heavy (non-hydrogen) atoms. The van der Waals surface area contributed by atoms with Gasteiger partial charge in [-0.3, -0.25) is 4.79 Å². The number of halogens is 1. The van der Waals surface area contributed by atoms with Crippen LogP contribution in [0.15, 0.2) is 18.2 Å². The molecular weight excluding hydrogens is 245 g/mol. The summed E-state index contributed by atoms with van der Waals surface area (Å²) in [4.78, 5) is 14.0. The first-order valence-corrected chi connectivity index (χ1v) is 6.32. The van der Waals surface area contributed by atoms with Crippen LogP contribution in [0.1, 0.15) is 24.2 Å². The van der Waals surface area contributed by atoms with Crippen LogP contribution in [-0.2, 0) is 0 Å². The topological polar surface area (TPSA) is 58.4 Å². The van der Waals surface area contributed by atoms with Gasteiger partial charge in [-0.2, -0.15) is 0 Å². The smallest absolute Gasteiger partial charge is 0.251 e. The summed E-state index contributed by atoms with van der Waals surface area (Å²) in [7, 11) is 3.94. The Balaban J connectivity index is 2.66. The Labute approximate surface area is 113 Å². The van der Waals surface area contributed by atoms with E-state index < -0.39 is 5.82 Å². The first-order chi connectivity index (χ1) is 8.82. The lowest BCUT2D eigenvalue weighted by Gasteiger charge is -2.28. The monoisotopic (exact) mass is 267 g/mol. The van der Waals surface area contributed by atoms with Gasteiger partial charge in [0.15, 0.2) is 0 Å². The third kappa shape index (κ3) is 4.21. The molecule has 1 aromatic carbocycles. The number of benzene rings is 1. The van der Waals surface area contributed by atoms with Crippen molar-refractivity contribution in [1.82, 2.24) is 10.2 Å². The maximum atomic E-state index is 13.3. The minimum Gasteiger partial charge on any atom is -0.396 e. The Morgan fingerprint density at radius 3 is 2.53 bits per heavy atom. The van der Waals surface area contributed by atoms with Crippen molar-refractivity contribution in [3.05, 3.63) is 29.6 Å². The number of hydrogen-bond acceptors (Lipinski definition) is 3. The van der Waals surface area contributed by atoms with Crippen LogP contribution in [-0.4, -0.2) is 37.5 Å². The van der Waals surface area contributed by atoms with Crippen LogP contribution in [0.3, 0.4) is 0 Å². The van der Waals surface area contributed by atoms with Crippen molar-refractivity contribution < 1.29 is 9.18 Å². The summed E-state index contributed by atoms with van der Waals surface area (Å²) in [5.74, 6) is -0.439. The van der Waals surface area contributed by atoms with Crippen LogP contribution in [0.2, 0.25) is 0 Å². The van der Waals surface area contributed by atoms with Gasteiger partial charge in [0.05, 0.1) is 5.69 Å². The van der Waals surface area contributed by atoms with Crippen molar-refractivity contribution in [2.45, 2.75) is 19.9 Å². The number of anilines is 1. The largest absolute Gasteiger partial charge is 0.396 e. The van der Waals surface area contributed by atoms with E-state index in [0.29, 0.717) is 12.5 Å². The number of nitrogens with one attached hydrogen (secondary N) is 1. The van der Waals surface area contributed by atoms with Gasteiger partial charge in [-0.1, -0.05) is 13.8 Å². The fourth-order valence-electron chi connectivity index (χ4n) is 1.98. The molecule has 1 rings (SSSR count). The molecule has 0 fully saturated rings. The van der Waals surface area contributed by atoms with Crippen molar-refractivity contribution in [3.63, 3.8) is 0 Å². The summed E-state index contributed by atoms with van der Waals surface area (Å²) in [6, 6.07) is 4.32. The van der Waals surface area contributed by atoms with E-state index in [-0.39, 0.29) is 23.2 Å². The van der Waals surface area contributed by atoms with Gasteiger partial charge in [-0.15, -0.1) is 0 Å². The standard InChI is InChI=1S/C14H22FN3O/c1-9(2)13(18(3)4)8-17-14(19)10-5-6-12(16)11(15)7-10/h5-7,9,13H,8,16H2,1-4H3,(H,17,19). The zero-order valence-electron chi connectivity index (χ0n) is 11.9. The molecule has 4 nitrogen and oxygen atoms in total. The molecule has 1 unspecified atom stereocenters. The second kappa shape index (κ2) is 6.52. The summed E-state index contributed by atoms with van der Waals surface area (Å²) >= 11 is 0. The molecule has 0 spiro atoms. The van der Waals surface area contributed by atoms with Crippen LogP contribution in [0.5, 0.6) is 0 Å². The highest BCUT2D eigenvalue weighted by Crippen LogP contribution is 2.12. The van der Waals surface area contributed by atoms with Gasteiger partial charge in [0.25, 0.3) is 5.91 Å². The van der Waals surface area contributed by atoms with E-state index in [2.05, 4.69) is 24.1 Å². The number of nitrogens with two attached hydrogens (primary N) is 1. The maximum absolute atomic E-state index is 13.3. The summed E-state index contributed by atoms with van der Waals surface area (Å²) < 4.78 is 13.3. The predicted molar refractivity (Wildman–Crippen MR) is 75.5 cm³/mol. The molecule has 1 amide bonds. The summed E-state index contributed by atoms with van der Waals surface area (Å²) in [5.41, 5.74) is 5.71. The third-order valence-corrected chi connectivity index (χ3v) is 3.17. The predicted octanol–water partition coefficient (Wildman–Crippen LogP) is 1.72. The zero-order valence-corrected chi connectivity index (χ0v) is 11.9. The number of likely N-dealkylation sites (N-methyl/N-ethyl adjacent to an activating group) is 1. The first-order valence-electron chi connectivity index (χ1n) is 6.32. The Morgan fingerprint density at radius 2 is 2.05 bits per heavy atom.